The van der Waals surface area contributed by atoms with Crippen LogP contribution in [0.3, 0.4) is 0 Å². The average Bonchev–Trinajstić information content (AvgIpc) is 2.62. The lowest BCUT2D eigenvalue weighted by molar-refractivity contribution is -0.121. The molecule has 0 unspecified atom stereocenters. The second kappa shape index (κ2) is 4.72. The van der Waals surface area contributed by atoms with E-state index in [0.717, 1.165) is 4.88 Å². The van der Waals surface area contributed by atoms with Crippen LogP contribution in [0.25, 0.3) is 0 Å². The van der Waals surface area contributed by atoms with Gasteiger partial charge in [0.1, 0.15) is 0 Å². The van der Waals surface area contributed by atoms with E-state index in [9.17, 15) is 4.79 Å². The summed E-state index contributed by atoms with van der Waals surface area (Å²) in [5, 5.41) is 3.37. The van der Waals surface area contributed by atoms with Crippen LogP contribution in [0.5, 0.6) is 0 Å². The first kappa shape index (κ1) is 12.1. The van der Waals surface area contributed by atoms with E-state index in [-0.39, 0.29) is 5.91 Å². The van der Waals surface area contributed by atoms with Gasteiger partial charge in [0.2, 0.25) is 5.91 Å². The molecule has 1 aromatic heterocycles. The number of rotatable bonds is 4. The smallest absolute Gasteiger partial charge is 0.246 e. The van der Waals surface area contributed by atoms with Gasteiger partial charge in [0, 0.05) is 11.1 Å². The Labute approximate surface area is 93.9 Å². The molecule has 1 heterocycles. The lowest BCUT2D eigenvalue weighted by Crippen LogP contribution is -2.50. The highest BCUT2D eigenvalue weighted by atomic mass is 32.1. The number of thiazole rings is 1. The summed E-state index contributed by atoms with van der Waals surface area (Å²) in [4.78, 5) is 17.0. The van der Waals surface area contributed by atoms with Gasteiger partial charge in [0.25, 0.3) is 0 Å². The van der Waals surface area contributed by atoms with Crippen LogP contribution in [0.1, 0.15) is 31.6 Å². The van der Waals surface area contributed by atoms with Crippen LogP contribution in [0.15, 0.2) is 6.20 Å². The molecule has 0 bridgehead atoms. The van der Waals surface area contributed by atoms with Gasteiger partial charge in [-0.3, -0.25) is 4.79 Å². The van der Waals surface area contributed by atoms with E-state index in [0.29, 0.717) is 18.0 Å². The third-order valence-corrected chi connectivity index (χ3v) is 3.38. The van der Waals surface area contributed by atoms with Gasteiger partial charge in [-0.15, -0.1) is 11.3 Å². The van der Waals surface area contributed by atoms with Crippen molar-refractivity contribution in [2.24, 2.45) is 5.73 Å². The predicted molar refractivity (Wildman–Crippen MR) is 63.0 cm³/mol. The molecule has 0 aliphatic rings. The van der Waals surface area contributed by atoms with Crippen molar-refractivity contribution >= 4 is 22.4 Å². The molecule has 0 aromatic carbocycles. The van der Waals surface area contributed by atoms with E-state index in [1.165, 1.54) is 11.3 Å². The number of nitrogens with two attached hydrogens (primary N) is 1. The fourth-order valence-corrected chi connectivity index (χ4v) is 1.86. The minimum atomic E-state index is -0.778. The Hall–Kier alpha value is -0.940. The maximum atomic E-state index is 11.8. The number of hydrogen-bond donors (Lipinski definition) is 2. The van der Waals surface area contributed by atoms with E-state index < -0.39 is 5.54 Å². The molecule has 1 aromatic rings. The molecule has 0 spiro atoms. The molecule has 5 heteroatoms. The minimum Gasteiger partial charge on any atom is -0.317 e. The van der Waals surface area contributed by atoms with E-state index >= 15 is 0 Å². The first-order valence-corrected chi connectivity index (χ1v) is 5.86. The number of aromatic nitrogens is 1. The SMILES string of the molecule is CCC(N)(CC)C(=O)Nc1ncc(C)s1. The monoisotopic (exact) mass is 227 g/mol. The Balaban J connectivity index is 2.70. The molecule has 0 saturated heterocycles. The van der Waals surface area contributed by atoms with Crippen LogP contribution in [0.4, 0.5) is 5.13 Å². The van der Waals surface area contributed by atoms with Crippen molar-refractivity contribution in [1.82, 2.24) is 4.98 Å². The summed E-state index contributed by atoms with van der Waals surface area (Å²) < 4.78 is 0. The normalized spacial score (nSPS) is 11.5. The molecular weight excluding hydrogens is 210 g/mol. The minimum absolute atomic E-state index is 0.151. The topological polar surface area (TPSA) is 68.0 Å². The highest BCUT2D eigenvalue weighted by molar-refractivity contribution is 7.15. The van der Waals surface area contributed by atoms with Gasteiger partial charge in [-0.2, -0.15) is 0 Å². The first-order chi connectivity index (χ1) is 7.01. The van der Waals surface area contributed by atoms with Crippen molar-refractivity contribution in [3.8, 4) is 0 Å². The molecule has 0 aliphatic heterocycles. The number of hydrogen-bond acceptors (Lipinski definition) is 4. The Morgan fingerprint density at radius 2 is 2.20 bits per heavy atom. The summed E-state index contributed by atoms with van der Waals surface area (Å²) in [6, 6.07) is 0. The van der Waals surface area contributed by atoms with Crippen molar-refractivity contribution in [3.63, 3.8) is 0 Å². The van der Waals surface area contributed by atoms with Crippen molar-refractivity contribution < 1.29 is 4.79 Å². The highest BCUT2D eigenvalue weighted by Crippen LogP contribution is 2.19. The Morgan fingerprint density at radius 3 is 2.60 bits per heavy atom. The molecule has 1 amide bonds. The van der Waals surface area contributed by atoms with E-state index in [1.54, 1.807) is 6.20 Å². The molecule has 3 N–H and O–H groups in total. The largest absolute Gasteiger partial charge is 0.317 e. The van der Waals surface area contributed by atoms with Gasteiger partial charge in [0.05, 0.1) is 5.54 Å². The third kappa shape index (κ3) is 2.76. The molecule has 0 fully saturated rings. The summed E-state index contributed by atoms with van der Waals surface area (Å²) in [7, 11) is 0. The van der Waals surface area contributed by atoms with Gasteiger partial charge >= 0.3 is 0 Å². The second-order valence-corrected chi connectivity index (χ2v) is 4.83. The Morgan fingerprint density at radius 1 is 1.60 bits per heavy atom. The zero-order chi connectivity index (χ0) is 11.5. The third-order valence-electron chi connectivity index (χ3n) is 2.56. The van der Waals surface area contributed by atoms with Crippen LogP contribution in [-0.2, 0) is 4.79 Å². The molecule has 0 aliphatic carbocycles. The summed E-state index contributed by atoms with van der Waals surface area (Å²) in [5.74, 6) is -0.151. The number of nitrogens with one attached hydrogen (secondary N) is 1. The first-order valence-electron chi connectivity index (χ1n) is 5.04. The van der Waals surface area contributed by atoms with Gasteiger partial charge in [-0.25, -0.2) is 4.98 Å². The van der Waals surface area contributed by atoms with Gasteiger partial charge < -0.3 is 11.1 Å². The van der Waals surface area contributed by atoms with Crippen molar-refractivity contribution in [3.05, 3.63) is 11.1 Å². The van der Waals surface area contributed by atoms with Crippen LogP contribution in [-0.4, -0.2) is 16.4 Å². The van der Waals surface area contributed by atoms with Crippen LogP contribution in [0.2, 0.25) is 0 Å². The average molecular weight is 227 g/mol. The Kier molecular flexibility index (Phi) is 3.82. The molecule has 4 nitrogen and oxygen atoms in total. The van der Waals surface area contributed by atoms with Gasteiger partial charge in [-0.1, -0.05) is 13.8 Å². The number of carbonyl (C=O) groups is 1. The zero-order valence-corrected chi connectivity index (χ0v) is 10.1. The van der Waals surface area contributed by atoms with Crippen molar-refractivity contribution in [1.29, 1.82) is 0 Å². The van der Waals surface area contributed by atoms with Gasteiger partial charge in [0.15, 0.2) is 5.13 Å². The summed E-state index contributed by atoms with van der Waals surface area (Å²) >= 11 is 1.45. The number of anilines is 1. The number of amides is 1. The van der Waals surface area contributed by atoms with E-state index in [4.69, 9.17) is 5.73 Å². The fourth-order valence-electron chi connectivity index (χ4n) is 1.21. The maximum absolute atomic E-state index is 11.8. The quantitative estimate of drug-likeness (QED) is 0.825. The van der Waals surface area contributed by atoms with Crippen LogP contribution < -0.4 is 11.1 Å². The van der Waals surface area contributed by atoms with Crippen molar-refractivity contribution in [2.75, 3.05) is 5.32 Å². The fraction of sp³-hybridized carbons (Fsp3) is 0.600. The number of nitrogens with zero attached hydrogens (tertiary/aromatic N) is 1. The lowest BCUT2D eigenvalue weighted by atomic mass is 9.93. The van der Waals surface area contributed by atoms with E-state index in [2.05, 4.69) is 10.3 Å². The standard InChI is InChI=1S/C10H17N3OS/c1-4-10(11,5-2)8(14)13-9-12-6-7(3)15-9/h6H,4-5,11H2,1-3H3,(H,12,13,14). The van der Waals surface area contributed by atoms with Gasteiger partial charge in [-0.05, 0) is 19.8 Å². The molecule has 84 valence electrons. The molecule has 0 radical (unpaired) electrons. The predicted octanol–water partition coefficient (Wildman–Crippen LogP) is 1.91. The molecule has 0 atom stereocenters. The number of aryl methyl sites for hydroxylation is 1. The van der Waals surface area contributed by atoms with Crippen LogP contribution in [0, 0.1) is 6.92 Å². The Bertz CT molecular complexity index is 344. The molecular formula is C10H17N3OS. The zero-order valence-electron chi connectivity index (χ0n) is 9.33. The maximum Gasteiger partial charge on any atom is 0.246 e. The van der Waals surface area contributed by atoms with Crippen molar-refractivity contribution in [2.45, 2.75) is 39.2 Å². The van der Waals surface area contributed by atoms with Crippen LogP contribution >= 0.6 is 11.3 Å². The summed E-state index contributed by atoms with van der Waals surface area (Å²) in [5.41, 5.74) is 5.18. The van der Waals surface area contributed by atoms with E-state index in [1.807, 2.05) is 20.8 Å². The lowest BCUT2D eigenvalue weighted by Gasteiger charge is -2.24. The second-order valence-electron chi connectivity index (χ2n) is 3.59. The highest BCUT2D eigenvalue weighted by Gasteiger charge is 2.30. The summed E-state index contributed by atoms with van der Waals surface area (Å²) in [6.45, 7) is 5.77. The summed E-state index contributed by atoms with van der Waals surface area (Å²) in [6.07, 6.45) is 2.98. The number of carbonyl (C=O) groups excluding carboxylic acids is 1. The molecule has 0 saturated carbocycles. The molecule has 15 heavy (non-hydrogen) atoms. The molecule has 1 rings (SSSR count).